The molecule has 46 valence electrons. The van der Waals surface area contributed by atoms with Crippen molar-refractivity contribution < 1.29 is 0 Å². The first-order chi connectivity index (χ1) is 4.39. The average molecular weight is 118 g/mol. The van der Waals surface area contributed by atoms with Crippen LogP contribution in [0.2, 0.25) is 0 Å². The van der Waals surface area contributed by atoms with E-state index in [1.165, 1.54) is 5.56 Å². The molecule has 1 aromatic carbocycles. The van der Waals surface area contributed by atoms with Gasteiger partial charge < -0.3 is 0 Å². The first-order valence-corrected chi connectivity index (χ1v) is 2.74. The molecule has 1 rings (SSSR count). The van der Waals surface area contributed by atoms with Gasteiger partial charge in [0.2, 0.25) is 0 Å². The molecule has 0 amide bonds. The summed E-state index contributed by atoms with van der Waals surface area (Å²) < 4.78 is 0. The molecule has 0 aliphatic rings. The smallest absolute Gasteiger partial charge is 0.0398 e. The normalized spacial score (nSPS) is 7.00. The molecule has 0 heterocycles. The van der Waals surface area contributed by atoms with Gasteiger partial charge in [-0.05, 0) is 6.92 Å². The minimum absolute atomic E-state index is 1.32. The molecular formula is C9H10. The molecule has 0 unspecified atom stereocenters. The topological polar surface area (TPSA) is 0 Å². The van der Waals surface area contributed by atoms with Crippen LogP contribution in [0, 0.1) is 19.8 Å². The molecule has 0 spiro atoms. The third kappa shape index (κ3) is 3.37. The number of terminal acetylenes is 1. The van der Waals surface area contributed by atoms with Crippen molar-refractivity contribution in [1.29, 1.82) is 0 Å². The summed E-state index contributed by atoms with van der Waals surface area (Å²) in [7, 11) is 0. The highest BCUT2D eigenvalue weighted by atomic mass is 13.8. The molecule has 0 radical (unpaired) electrons. The van der Waals surface area contributed by atoms with E-state index in [-0.39, 0.29) is 0 Å². The fraction of sp³-hybridized carbons (Fsp3) is 0.111. The third-order valence-electron chi connectivity index (χ3n) is 0.940. The first kappa shape index (κ1) is 7.78. The highest BCUT2D eigenvalue weighted by Crippen LogP contribution is 1.92. The zero-order valence-electron chi connectivity index (χ0n) is 5.54. The molecule has 0 atom stereocenters. The highest BCUT2D eigenvalue weighted by Gasteiger charge is 1.72. The van der Waals surface area contributed by atoms with Gasteiger partial charge in [-0.2, -0.15) is 0 Å². The monoisotopic (exact) mass is 118 g/mol. The molecular weight excluding hydrogens is 108 g/mol. The molecule has 0 N–H and O–H groups in total. The summed E-state index contributed by atoms with van der Waals surface area (Å²) in [6, 6.07) is 10.3. The minimum atomic E-state index is 1.32. The van der Waals surface area contributed by atoms with Gasteiger partial charge in [-0.3, -0.25) is 0 Å². The lowest BCUT2D eigenvalue weighted by Gasteiger charge is -1.82. The zero-order valence-corrected chi connectivity index (χ0v) is 5.54. The predicted octanol–water partition coefficient (Wildman–Crippen LogP) is 2.24. The Morgan fingerprint density at radius 2 is 1.44 bits per heavy atom. The van der Waals surface area contributed by atoms with Gasteiger partial charge in [0.05, 0.1) is 0 Å². The molecule has 0 saturated heterocycles. The van der Waals surface area contributed by atoms with Crippen molar-refractivity contribution in [1.82, 2.24) is 0 Å². The Morgan fingerprint density at radius 1 is 1.00 bits per heavy atom. The Kier molecular flexibility index (Phi) is 4.26. The number of benzene rings is 1. The van der Waals surface area contributed by atoms with Crippen LogP contribution in [0.4, 0.5) is 0 Å². The lowest BCUT2D eigenvalue weighted by Crippen LogP contribution is -1.62. The molecule has 0 nitrogen and oxygen atoms in total. The van der Waals surface area contributed by atoms with Crippen LogP contribution in [0.15, 0.2) is 30.3 Å². The molecule has 0 aromatic heterocycles. The van der Waals surface area contributed by atoms with Gasteiger partial charge in [-0.15, -0.1) is 12.8 Å². The van der Waals surface area contributed by atoms with E-state index in [0.29, 0.717) is 0 Å². The van der Waals surface area contributed by atoms with Crippen molar-refractivity contribution >= 4 is 0 Å². The van der Waals surface area contributed by atoms with Crippen molar-refractivity contribution in [3.8, 4) is 12.8 Å². The van der Waals surface area contributed by atoms with E-state index in [4.69, 9.17) is 0 Å². The molecule has 0 saturated carbocycles. The predicted molar refractivity (Wildman–Crippen MR) is 41.1 cm³/mol. The van der Waals surface area contributed by atoms with Gasteiger partial charge in [-0.1, -0.05) is 35.9 Å². The fourth-order valence-corrected chi connectivity index (χ4v) is 0.534. The van der Waals surface area contributed by atoms with Crippen molar-refractivity contribution in [3.63, 3.8) is 0 Å². The van der Waals surface area contributed by atoms with Crippen LogP contribution < -0.4 is 0 Å². The minimum Gasteiger partial charge on any atom is -0.124 e. The summed E-state index contributed by atoms with van der Waals surface area (Å²) in [4.78, 5) is 0. The van der Waals surface area contributed by atoms with Crippen LogP contribution in [0.25, 0.3) is 0 Å². The van der Waals surface area contributed by atoms with E-state index in [9.17, 15) is 0 Å². The van der Waals surface area contributed by atoms with Crippen LogP contribution >= 0.6 is 0 Å². The summed E-state index contributed by atoms with van der Waals surface area (Å²) in [6.45, 7) is 2.08. The van der Waals surface area contributed by atoms with Crippen molar-refractivity contribution in [2.45, 2.75) is 6.92 Å². The standard InChI is InChI=1S/C7H8.C2H2/c1-7-5-3-2-4-6-7;1-2/h2-6H,1H3;1-2H. The van der Waals surface area contributed by atoms with Crippen LogP contribution in [0.3, 0.4) is 0 Å². The fourth-order valence-electron chi connectivity index (χ4n) is 0.534. The molecule has 0 bridgehead atoms. The number of hydrogen-bond acceptors (Lipinski definition) is 0. The summed E-state index contributed by atoms with van der Waals surface area (Å²) in [6.07, 6.45) is 8.00. The molecule has 1 aromatic rings. The van der Waals surface area contributed by atoms with Crippen molar-refractivity contribution in [2.75, 3.05) is 0 Å². The number of hydrogen-bond donors (Lipinski definition) is 0. The van der Waals surface area contributed by atoms with Gasteiger partial charge in [0, 0.05) is 0 Å². The van der Waals surface area contributed by atoms with Gasteiger partial charge in [0.1, 0.15) is 0 Å². The van der Waals surface area contributed by atoms with Crippen LogP contribution in [-0.2, 0) is 0 Å². The van der Waals surface area contributed by atoms with E-state index in [0.717, 1.165) is 0 Å². The Hall–Kier alpha value is -1.22. The maximum atomic E-state index is 4.00. The Balaban J connectivity index is 0.000000291. The summed E-state index contributed by atoms with van der Waals surface area (Å²) in [5.74, 6) is 0. The summed E-state index contributed by atoms with van der Waals surface area (Å²) in [5.41, 5.74) is 1.32. The van der Waals surface area contributed by atoms with Gasteiger partial charge in [0.15, 0.2) is 0 Å². The quantitative estimate of drug-likeness (QED) is 0.458. The van der Waals surface area contributed by atoms with Crippen molar-refractivity contribution in [3.05, 3.63) is 35.9 Å². The molecule has 0 heteroatoms. The Bertz CT molecular complexity index is 160. The highest BCUT2D eigenvalue weighted by molar-refractivity contribution is 5.11. The Labute approximate surface area is 56.5 Å². The maximum Gasteiger partial charge on any atom is -0.0398 e. The summed E-state index contributed by atoms with van der Waals surface area (Å²) >= 11 is 0. The lowest BCUT2D eigenvalue weighted by atomic mass is 10.2. The van der Waals surface area contributed by atoms with Crippen molar-refractivity contribution in [2.24, 2.45) is 0 Å². The number of rotatable bonds is 0. The van der Waals surface area contributed by atoms with Gasteiger partial charge in [-0.25, -0.2) is 0 Å². The Morgan fingerprint density at radius 3 is 1.67 bits per heavy atom. The number of aryl methyl sites for hydroxylation is 1. The second-order valence-electron chi connectivity index (χ2n) is 1.65. The van der Waals surface area contributed by atoms with Gasteiger partial charge in [0.25, 0.3) is 0 Å². The molecule has 0 fully saturated rings. The second-order valence-corrected chi connectivity index (χ2v) is 1.65. The molecule has 9 heavy (non-hydrogen) atoms. The first-order valence-electron chi connectivity index (χ1n) is 2.74. The van der Waals surface area contributed by atoms with E-state index < -0.39 is 0 Å². The third-order valence-corrected chi connectivity index (χ3v) is 0.940. The van der Waals surface area contributed by atoms with Crippen LogP contribution in [0.1, 0.15) is 5.56 Å². The largest absolute Gasteiger partial charge is 0.124 e. The van der Waals surface area contributed by atoms with E-state index in [2.05, 4.69) is 31.9 Å². The zero-order chi connectivity index (χ0) is 7.11. The van der Waals surface area contributed by atoms with Gasteiger partial charge >= 0.3 is 0 Å². The average Bonchev–Trinajstić information content (AvgIpc) is 1.94. The molecule has 0 aliphatic carbocycles. The summed E-state index contributed by atoms with van der Waals surface area (Å²) in [5, 5.41) is 0. The van der Waals surface area contributed by atoms with E-state index >= 15 is 0 Å². The van der Waals surface area contributed by atoms with E-state index in [1.807, 2.05) is 18.2 Å². The lowest BCUT2D eigenvalue weighted by molar-refractivity contribution is 1.48. The maximum absolute atomic E-state index is 4.00. The van der Waals surface area contributed by atoms with Crippen LogP contribution in [-0.4, -0.2) is 0 Å². The SMILES string of the molecule is C#C.Cc1ccccc1. The second kappa shape index (κ2) is 4.93. The van der Waals surface area contributed by atoms with E-state index in [1.54, 1.807) is 0 Å². The molecule has 0 aliphatic heterocycles. The van der Waals surface area contributed by atoms with Crippen LogP contribution in [0.5, 0.6) is 0 Å².